The van der Waals surface area contributed by atoms with E-state index in [1.165, 1.54) is 6.20 Å². The number of hydrogen-bond acceptors (Lipinski definition) is 8. The largest absolute Gasteiger partial charge is 0.462 e. The molecule has 0 amide bonds. The van der Waals surface area contributed by atoms with Crippen LogP contribution in [-0.4, -0.2) is 48.3 Å². The molecule has 0 saturated carbocycles. The van der Waals surface area contributed by atoms with Crippen molar-refractivity contribution in [1.29, 1.82) is 5.26 Å². The lowest BCUT2D eigenvalue weighted by atomic mass is 9.87. The third kappa shape index (κ3) is 3.81. The Hall–Kier alpha value is -3.88. The number of nitriles is 1. The van der Waals surface area contributed by atoms with Crippen molar-refractivity contribution in [3.63, 3.8) is 0 Å². The molecule has 5 rings (SSSR count). The molecule has 35 heavy (non-hydrogen) atoms. The van der Waals surface area contributed by atoms with Crippen molar-refractivity contribution in [1.82, 2.24) is 9.79 Å². The number of fused-ring (bicyclic) bond motifs is 2. The molecule has 1 fully saturated rings. The number of esters is 1. The second-order valence-electron chi connectivity index (χ2n) is 8.57. The number of aromatic nitrogens is 1. The lowest BCUT2D eigenvalue weighted by molar-refractivity contribution is 0.0524. The van der Waals surface area contributed by atoms with Crippen LogP contribution in [0.1, 0.15) is 29.3 Å². The number of pyridine rings is 1. The Morgan fingerprint density at radius 3 is 2.94 bits per heavy atom. The molecule has 0 spiro atoms. The van der Waals surface area contributed by atoms with E-state index in [0.29, 0.717) is 42.0 Å². The average molecular weight is 476 g/mol. The second kappa shape index (κ2) is 8.72. The first-order valence-corrected chi connectivity index (χ1v) is 11.3. The number of anilines is 1. The average Bonchev–Trinajstić information content (AvgIpc) is 3.27. The third-order valence-corrected chi connectivity index (χ3v) is 6.21. The standard InChI is InChI=1S/C24H22BFN4O5/c1-3-34-24(32)16-12-30-18-8-13(10-27)4-5-19(18)35-23-20(30)15(22(16)31)9-17(26)21(23)29-7-6-14(11-29)28-25(2)33/h4-5,8-9,12,14,28,33H,3,6-7,11H2,1-2H3. The zero-order valence-corrected chi connectivity index (χ0v) is 19.2. The lowest BCUT2D eigenvalue weighted by Gasteiger charge is -2.29. The van der Waals surface area contributed by atoms with Crippen LogP contribution in [0.25, 0.3) is 16.6 Å². The molecule has 3 heterocycles. The summed E-state index contributed by atoms with van der Waals surface area (Å²) < 4.78 is 28.4. The van der Waals surface area contributed by atoms with Gasteiger partial charge in [-0.1, -0.05) is 0 Å². The van der Waals surface area contributed by atoms with Gasteiger partial charge in [0.1, 0.15) is 16.8 Å². The Balaban J connectivity index is 1.77. The summed E-state index contributed by atoms with van der Waals surface area (Å²) in [6.45, 7) is 4.26. The van der Waals surface area contributed by atoms with Gasteiger partial charge in [-0.2, -0.15) is 5.26 Å². The van der Waals surface area contributed by atoms with Crippen molar-refractivity contribution in [2.75, 3.05) is 24.6 Å². The predicted octanol–water partition coefficient (Wildman–Crippen LogP) is 2.56. The SMILES string of the molecule is CCOC(=O)c1cn2c3c(c(N4CCC(NB(C)O)C4)c(F)cc3c1=O)Oc1ccc(C#N)cc1-2. The third-order valence-electron chi connectivity index (χ3n) is 6.21. The van der Waals surface area contributed by atoms with Crippen LogP contribution in [0.15, 0.2) is 35.3 Å². The summed E-state index contributed by atoms with van der Waals surface area (Å²) in [6.07, 6.45) is 2.04. The van der Waals surface area contributed by atoms with Gasteiger partial charge in [0.05, 0.1) is 29.3 Å². The fraction of sp³-hybridized carbons (Fsp3) is 0.292. The van der Waals surface area contributed by atoms with Crippen molar-refractivity contribution in [2.45, 2.75) is 26.2 Å². The fourth-order valence-corrected chi connectivity index (χ4v) is 4.76. The van der Waals surface area contributed by atoms with Gasteiger partial charge in [-0.15, -0.1) is 0 Å². The minimum atomic E-state index is -0.815. The van der Waals surface area contributed by atoms with Crippen molar-refractivity contribution in [3.8, 4) is 23.3 Å². The summed E-state index contributed by atoms with van der Waals surface area (Å²) in [5.41, 5.74) is 0.386. The summed E-state index contributed by atoms with van der Waals surface area (Å²) in [5.74, 6) is -0.972. The molecule has 1 aromatic heterocycles. The van der Waals surface area contributed by atoms with Gasteiger partial charge in [0.2, 0.25) is 5.43 Å². The number of carbonyl (C=O) groups excluding carboxylic acids is 1. The number of halogens is 1. The van der Waals surface area contributed by atoms with E-state index in [4.69, 9.17) is 9.47 Å². The molecule has 2 N–H and O–H groups in total. The van der Waals surface area contributed by atoms with Crippen molar-refractivity contribution < 1.29 is 23.7 Å². The number of ether oxygens (including phenoxy) is 2. The predicted molar refractivity (Wildman–Crippen MR) is 128 cm³/mol. The van der Waals surface area contributed by atoms with Gasteiger partial charge >= 0.3 is 13.0 Å². The summed E-state index contributed by atoms with van der Waals surface area (Å²) in [4.78, 5) is 27.6. The highest BCUT2D eigenvalue weighted by atomic mass is 19.1. The molecule has 1 unspecified atom stereocenters. The number of benzene rings is 2. The summed E-state index contributed by atoms with van der Waals surface area (Å²) in [5, 5.41) is 22.1. The quantitative estimate of drug-likeness (QED) is 0.334. The molecular formula is C24H22BFN4O5. The molecule has 1 saturated heterocycles. The minimum absolute atomic E-state index is 0.0299. The van der Waals surface area contributed by atoms with Crippen LogP contribution in [0.4, 0.5) is 10.1 Å². The highest BCUT2D eigenvalue weighted by Gasteiger charge is 2.34. The zero-order chi connectivity index (χ0) is 24.9. The summed E-state index contributed by atoms with van der Waals surface area (Å²) in [6, 6.07) is 7.89. The first-order valence-electron chi connectivity index (χ1n) is 11.3. The monoisotopic (exact) mass is 476 g/mol. The Labute approximate surface area is 200 Å². The molecule has 178 valence electrons. The first kappa shape index (κ1) is 22.9. The molecule has 0 aliphatic carbocycles. The zero-order valence-electron chi connectivity index (χ0n) is 19.2. The van der Waals surface area contributed by atoms with Crippen LogP contribution in [0, 0.1) is 17.1 Å². The maximum Gasteiger partial charge on any atom is 0.373 e. The number of nitrogens with one attached hydrogen (secondary N) is 1. The molecule has 2 aliphatic heterocycles. The molecule has 0 radical (unpaired) electrons. The maximum atomic E-state index is 15.6. The Bertz CT molecular complexity index is 1470. The highest BCUT2D eigenvalue weighted by molar-refractivity contribution is 6.45. The smallest absolute Gasteiger partial charge is 0.373 e. The van der Waals surface area contributed by atoms with E-state index in [0.717, 1.165) is 6.07 Å². The molecule has 11 heteroatoms. The van der Waals surface area contributed by atoms with Crippen LogP contribution < -0.4 is 20.3 Å². The fourth-order valence-electron chi connectivity index (χ4n) is 4.76. The molecular weight excluding hydrogens is 454 g/mol. The van der Waals surface area contributed by atoms with Crippen molar-refractivity contribution in [3.05, 3.63) is 57.6 Å². The molecule has 1 atom stereocenters. The van der Waals surface area contributed by atoms with Gasteiger partial charge in [-0.05, 0) is 44.4 Å². The summed E-state index contributed by atoms with van der Waals surface area (Å²) in [7, 11) is -0.705. The molecule has 2 aromatic carbocycles. The molecule has 9 nitrogen and oxygen atoms in total. The van der Waals surface area contributed by atoms with Crippen molar-refractivity contribution in [2.24, 2.45) is 0 Å². The van der Waals surface area contributed by atoms with Gasteiger partial charge in [0.15, 0.2) is 17.3 Å². The van der Waals surface area contributed by atoms with Crippen LogP contribution in [-0.2, 0) is 4.74 Å². The molecule has 2 aliphatic rings. The van der Waals surface area contributed by atoms with Gasteiger partial charge < -0.3 is 29.2 Å². The Kier molecular flexibility index (Phi) is 5.71. The Morgan fingerprint density at radius 2 is 2.23 bits per heavy atom. The number of carbonyl (C=O) groups is 1. The molecule has 3 aromatic rings. The highest BCUT2D eigenvalue weighted by Crippen LogP contribution is 2.47. The number of hydrogen-bond donors (Lipinski definition) is 2. The van der Waals surface area contributed by atoms with Crippen LogP contribution in [0.2, 0.25) is 6.82 Å². The van der Waals surface area contributed by atoms with Gasteiger partial charge in [-0.25, -0.2) is 9.18 Å². The van der Waals surface area contributed by atoms with E-state index in [1.807, 2.05) is 4.90 Å². The van der Waals surface area contributed by atoms with Gasteiger partial charge in [0, 0.05) is 25.3 Å². The van der Waals surface area contributed by atoms with Gasteiger partial charge in [0.25, 0.3) is 0 Å². The maximum absolute atomic E-state index is 15.6. The van der Waals surface area contributed by atoms with Gasteiger partial charge in [-0.3, -0.25) is 4.79 Å². The van der Waals surface area contributed by atoms with E-state index < -0.39 is 24.3 Å². The van der Waals surface area contributed by atoms with E-state index in [2.05, 4.69) is 11.3 Å². The van der Waals surface area contributed by atoms with E-state index in [9.17, 15) is 19.9 Å². The molecule has 0 bridgehead atoms. The topological polar surface area (TPSA) is 117 Å². The van der Waals surface area contributed by atoms with Crippen LogP contribution in [0.5, 0.6) is 11.5 Å². The van der Waals surface area contributed by atoms with E-state index >= 15 is 4.39 Å². The van der Waals surface area contributed by atoms with Crippen LogP contribution >= 0.6 is 0 Å². The van der Waals surface area contributed by atoms with E-state index in [-0.39, 0.29) is 35.0 Å². The summed E-state index contributed by atoms with van der Waals surface area (Å²) >= 11 is 0. The first-order chi connectivity index (χ1) is 16.8. The number of nitrogens with zero attached hydrogens (tertiary/aromatic N) is 3. The normalized spacial score (nSPS) is 16.0. The second-order valence-corrected chi connectivity index (χ2v) is 8.57. The minimum Gasteiger partial charge on any atom is -0.462 e. The lowest BCUT2D eigenvalue weighted by Crippen LogP contribution is -2.41. The van der Waals surface area contributed by atoms with E-state index in [1.54, 1.807) is 36.5 Å². The number of rotatable bonds is 5. The Morgan fingerprint density at radius 1 is 1.43 bits per heavy atom. The van der Waals surface area contributed by atoms with Crippen LogP contribution in [0.3, 0.4) is 0 Å². The van der Waals surface area contributed by atoms with Crippen molar-refractivity contribution >= 4 is 29.6 Å².